The number of nitrogens with two attached hydrogens (primary N) is 1. The summed E-state index contributed by atoms with van der Waals surface area (Å²) in [6.07, 6.45) is 1.35. The Morgan fingerprint density at radius 3 is 2.00 bits per heavy atom. The lowest BCUT2D eigenvalue weighted by Gasteiger charge is -2.29. The van der Waals surface area contributed by atoms with E-state index in [9.17, 15) is 14.4 Å². The molecule has 0 aliphatic heterocycles. The van der Waals surface area contributed by atoms with Gasteiger partial charge in [0.25, 0.3) is 0 Å². The van der Waals surface area contributed by atoms with Gasteiger partial charge in [-0.1, -0.05) is 20.8 Å². The van der Waals surface area contributed by atoms with E-state index in [0.29, 0.717) is 19.3 Å². The monoisotopic (exact) mass is 359 g/mol. The quantitative estimate of drug-likeness (QED) is 0.608. The van der Waals surface area contributed by atoms with Gasteiger partial charge in [-0.2, -0.15) is 0 Å². The van der Waals surface area contributed by atoms with Gasteiger partial charge in [0.1, 0.15) is 5.60 Å². The lowest BCUT2D eigenvalue weighted by atomic mass is 9.77. The SMILES string of the molecule is CC(C)(C)OC(=O)COC(=O)C(CCC(N)CCC(=O)O)C(C)(C)C. The molecule has 0 saturated heterocycles. The van der Waals surface area contributed by atoms with Crippen LogP contribution in [0.3, 0.4) is 0 Å². The van der Waals surface area contributed by atoms with Crippen molar-refractivity contribution in [1.82, 2.24) is 0 Å². The number of hydrogen-bond donors (Lipinski definition) is 2. The molecule has 0 rings (SSSR count). The highest BCUT2D eigenvalue weighted by Crippen LogP contribution is 2.31. The van der Waals surface area contributed by atoms with Gasteiger partial charge in [0.15, 0.2) is 6.61 Å². The summed E-state index contributed by atoms with van der Waals surface area (Å²) in [5.74, 6) is -2.39. The van der Waals surface area contributed by atoms with Crippen molar-refractivity contribution in [1.29, 1.82) is 0 Å². The molecule has 0 heterocycles. The maximum Gasteiger partial charge on any atom is 0.344 e. The lowest BCUT2D eigenvalue weighted by Crippen LogP contribution is -2.34. The highest BCUT2D eigenvalue weighted by Gasteiger charge is 2.33. The summed E-state index contributed by atoms with van der Waals surface area (Å²) < 4.78 is 10.2. The second kappa shape index (κ2) is 9.75. The van der Waals surface area contributed by atoms with Crippen molar-refractivity contribution < 1.29 is 29.0 Å². The molecule has 0 aromatic carbocycles. The zero-order valence-electron chi connectivity index (χ0n) is 16.3. The van der Waals surface area contributed by atoms with Crippen LogP contribution in [0.2, 0.25) is 0 Å². The molecule has 0 aromatic rings. The van der Waals surface area contributed by atoms with Crippen LogP contribution in [0.5, 0.6) is 0 Å². The average molecular weight is 359 g/mol. The third-order valence-corrected chi connectivity index (χ3v) is 3.64. The number of ether oxygens (including phenoxy) is 2. The minimum atomic E-state index is -0.889. The Morgan fingerprint density at radius 2 is 1.56 bits per heavy atom. The minimum Gasteiger partial charge on any atom is -0.481 e. The largest absolute Gasteiger partial charge is 0.481 e. The second-order valence-corrected chi connectivity index (χ2v) is 8.38. The number of aliphatic carboxylic acids is 1. The molecule has 146 valence electrons. The Bertz CT molecular complexity index is 461. The summed E-state index contributed by atoms with van der Waals surface area (Å²) in [5, 5.41) is 8.69. The van der Waals surface area contributed by atoms with E-state index in [4.69, 9.17) is 20.3 Å². The minimum absolute atomic E-state index is 0.00441. The molecular weight excluding hydrogens is 326 g/mol. The van der Waals surface area contributed by atoms with E-state index >= 15 is 0 Å². The molecule has 7 heteroatoms. The van der Waals surface area contributed by atoms with Gasteiger partial charge in [-0.15, -0.1) is 0 Å². The molecule has 0 saturated carbocycles. The summed E-state index contributed by atoms with van der Waals surface area (Å²) in [7, 11) is 0. The van der Waals surface area contributed by atoms with Crippen LogP contribution in [0.25, 0.3) is 0 Å². The van der Waals surface area contributed by atoms with Crippen molar-refractivity contribution >= 4 is 17.9 Å². The third kappa shape index (κ3) is 11.5. The number of carbonyl (C=O) groups is 3. The first-order valence-corrected chi connectivity index (χ1v) is 8.58. The summed E-state index contributed by atoms with van der Waals surface area (Å²) >= 11 is 0. The first-order valence-electron chi connectivity index (χ1n) is 8.58. The predicted octanol–water partition coefficient (Wildman–Crippen LogP) is 2.51. The molecule has 0 aliphatic carbocycles. The van der Waals surface area contributed by atoms with Crippen LogP contribution in [0.15, 0.2) is 0 Å². The van der Waals surface area contributed by atoms with Gasteiger partial charge < -0.3 is 20.3 Å². The van der Waals surface area contributed by atoms with Gasteiger partial charge in [-0.05, 0) is 45.4 Å². The van der Waals surface area contributed by atoms with Gasteiger partial charge in [-0.25, -0.2) is 4.79 Å². The molecule has 3 N–H and O–H groups in total. The summed E-state index contributed by atoms with van der Waals surface area (Å²) in [6.45, 7) is 10.5. The van der Waals surface area contributed by atoms with E-state index in [0.717, 1.165) is 0 Å². The number of carbonyl (C=O) groups excluding carboxylic acids is 2. The van der Waals surface area contributed by atoms with Crippen molar-refractivity contribution in [3.05, 3.63) is 0 Å². The molecule has 0 amide bonds. The van der Waals surface area contributed by atoms with E-state index in [1.54, 1.807) is 20.8 Å². The third-order valence-electron chi connectivity index (χ3n) is 3.64. The fraction of sp³-hybridized carbons (Fsp3) is 0.833. The van der Waals surface area contributed by atoms with Crippen molar-refractivity contribution in [3.8, 4) is 0 Å². The number of carboxylic acid groups (broad SMARTS) is 1. The standard InChI is InChI=1S/C18H33NO6/c1-17(2,3)13(9-7-12(19)8-10-14(20)21)16(23)24-11-15(22)25-18(4,5)6/h12-13H,7-11,19H2,1-6H3,(H,20,21). The molecule has 0 radical (unpaired) electrons. The number of carboxylic acids is 1. The Kier molecular flexibility index (Phi) is 9.11. The zero-order valence-corrected chi connectivity index (χ0v) is 16.3. The highest BCUT2D eigenvalue weighted by atomic mass is 16.6. The fourth-order valence-corrected chi connectivity index (χ4v) is 2.34. The summed E-state index contributed by atoms with van der Waals surface area (Å²) in [4.78, 5) is 34.6. The molecule has 0 aromatic heterocycles. The molecule has 0 bridgehead atoms. The van der Waals surface area contributed by atoms with E-state index in [1.165, 1.54) is 0 Å². The van der Waals surface area contributed by atoms with Gasteiger partial charge in [-0.3, -0.25) is 9.59 Å². The van der Waals surface area contributed by atoms with Crippen molar-refractivity contribution in [2.45, 2.75) is 78.9 Å². The van der Waals surface area contributed by atoms with Gasteiger partial charge >= 0.3 is 17.9 Å². The van der Waals surface area contributed by atoms with Crippen LogP contribution in [-0.2, 0) is 23.9 Å². The van der Waals surface area contributed by atoms with E-state index in [1.807, 2.05) is 20.8 Å². The van der Waals surface area contributed by atoms with Crippen LogP contribution < -0.4 is 5.73 Å². The molecule has 7 nitrogen and oxygen atoms in total. The van der Waals surface area contributed by atoms with E-state index in [-0.39, 0.29) is 17.9 Å². The maximum absolute atomic E-state index is 12.4. The van der Waals surface area contributed by atoms with Crippen molar-refractivity contribution in [2.24, 2.45) is 17.1 Å². The first-order chi connectivity index (χ1) is 11.2. The number of hydrogen-bond acceptors (Lipinski definition) is 6. The van der Waals surface area contributed by atoms with E-state index < -0.39 is 36.0 Å². The van der Waals surface area contributed by atoms with Gasteiger partial charge in [0.2, 0.25) is 0 Å². The average Bonchev–Trinajstić information content (AvgIpc) is 2.39. The van der Waals surface area contributed by atoms with Crippen LogP contribution in [0.4, 0.5) is 0 Å². The maximum atomic E-state index is 12.4. The molecular formula is C18H33NO6. The predicted molar refractivity (Wildman–Crippen MR) is 93.8 cm³/mol. The topological polar surface area (TPSA) is 116 Å². The summed E-state index contributed by atoms with van der Waals surface area (Å²) in [6, 6.07) is -0.292. The van der Waals surface area contributed by atoms with Crippen molar-refractivity contribution in [2.75, 3.05) is 6.61 Å². The zero-order chi connectivity index (χ0) is 19.8. The smallest absolute Gasteiger partial charge is 0.344 e. The van der Waals surface area contributed by atoms with E-state index in [2.05, 4.69) is 0 Å². The molecule has 0 aliphatic rings. The van der Waals surface area contributed by atoms with Crippen LogP contribution in [0.1, 0.15) is 67.2 Å². The Morgan fingerprint density at radius 1 is 1.00 bits per heavy atom. The van der Waals surface area contributed by atoms with Crippen LogP contribution >= 0.6 is 0 Å². The molecule has 0 fully saturated rings. The normalized spacial score (nSPS) is 14.5. The lowest BCUT2D eigenvalue weighted by molar-refractivity contribution is -0.170. The number of rotatable bonds is 9. The number of esters is 2. The van der Waals surface area contributed by atoms with Gasteiger partial charge in [0, 0.05) is 12.5 Å². The first kappa shape index (κ1) is 23.4. The fourth-order valence-electron chi connectivity index (χ4n) is 2.34. The van der Waals surface area contributed by atoms with Crippen LogP contribution in [0, 0.1) is 11.3 Å². The van der Waals surface area contributed by atoms with Crippen LogP contribution in [-0.4, -0.2) is 41.3 Å². The molecule has 2 atom stereocenters. The Balaban J connectivity index is 4.59. The van der Waals surface area contributed by atoms with Crippen molar-refractivity contribution in [3.63, 3.8) is 0 Å². The molecule has 0 spiro atoms. The molecule has 25 heavy (non-hydrogen) atoms. The summed E-state index contributed by atoms with van der Waals surface area (Å²) in [5.41, 5.74) is 4.92. The molecule has 2 unspecified atom stereocenters. The Hall–Kier alpha value is -1.63. The second-order valence-electron chi connectivity index (χ2n) is 8.38. The Labute approximate surface area is 150 Å². The van der Waals surface area contributed by atoms with Gasteiger partial charge in [0.05, 0.1) is 5.92 Å². The highest BCUT2D eigenvalue weighted by molar-refractivity contribution is 5.78.